The Balaban J connectivity index is 1.46. The van der Waals surface area contributed by atoms with E-state index in [1.54, 1.807) is 6.07 Å². The Bertz CT molecular complexity index is 1370. The lowest BCUT2D eigenvalue weighted by molar-refractivity contribution is 0.0706. The second kappa shape index (κ2) is 8.08. The van der Waals surface area contributed by atoms with Gasteiger partial charge in [0.25, 0.3) is 11.5 Å². The number of rotatable bonds is 4. The largest absolute Gasteiger partial charge is 0.338 e. The summed E-state index contributed by atoms with van der Waals surface area (Å²) in [5.74, 6) is -1.02. The number of sulfonamides is 1. The Morgan fingerprint density at radius 1 is 1.06 bits per heavy atom. The SMILES string of the molecule is O=C(c1ccccc1F)N1CCC(NS(=O)(=O)c2ccc3[nH]c(=O)[nH]c(=O)c3c2)CC1. The molecule has 0 radical (unpaired) electrons. The number of carbonyl (C=O) groups excluding carboxylic acids is 1. The topological polar surface area (TPSA) is 132 Å². The number of piperidine rings is 1. The summed E-state index contributed by atoms with van der Waals surface area (Å²) < 4.78 is 42.0. The van der Waals surface area contributed by atoms with E-state index in [-0.39, 0.29) is 34.5 Å². The highest BCUT2D eigenvalue weighted by Crippen LogP contribution is 2.19. The molecule has 31 heavy (non-hydrogen) atoms. The molecule has 1 aliphatic rings. The predicted molar refractivity (Wildman–Crippen MR) is 111 cm³/mol. The summed E-state index contributed by atoms with van der Waals surface area (Å²) in [6, 6.07) is 9.17. The van der Waals surface area contributed by atoms with Gasteiger partial charge in [-0.2, -0.15) is 0 Å². The van der Waals surface area contributed by atoms with Crippen LogP contribution in [0.25, 0.3) is 10.9 Å². The number of amides is 1. The predicted octanol–water partition coefficient (Wildman–Crippen LogP) is 0.939. The summed E-state index contributed by atoms with van der Waals surface area (Å²) in [7, 11) is -3.93. The summed E-state index contributed by atoms with van der Waals surface area (Å²) in [5, 5.41) is 0.0489. The Hall–Kier alpha value is -3.31. The number of likely N-dealkylation sites (tertiary alicyclic amines) is 1. The minimum Gasteiger partial charge on any atom is -0.338 e. The van der Waals surface area contributed by atoms with E-state index in [9.17, 15) is 27.2 Å². The van der Waals surface area contributed by atoms with Crippen LogP contribution in [0.4, 0.5) is 4.39 Å². The van der Waals surface area contributed by atoms with E-state index in [0.29, 0.717) is 12.8 Å². The van der Waals surface area contributed by atoms with Crippen LogP contribution in [0.15, 0.2) is 56.9 Å². The van der Waals surface area contributed by atoms with E-state index in [2.05, 4.69) is 14.7 Å². The number of benzene rings is 2. The summed E-state index contributed by atoms with van der Waals surface area (Å²) >= 11 is 0. The van der Waals surface area contributed by atoms with Crippen molar-refractivity contribution in [3.05, 3.63) is 74.7 Å². The molecule has 3 N–H and O–H groups in total. The van der Waals surface area contributed by atoms with Crippen molar-refractivity contribution in [3.63, 3.8) is 0 Å². The van der Waals surface area contributed by atoms with Gasteiger partial charge in [-0.05, 0) is 43.2 Å². The third kappa shape index (κ3) is 4.28. The number of nitrogens with zero attached hydrogens (tertiary/aromatic N) is 1. The van der Waals surface area contributed by atoms with Gasteiger partial charge in [-0.3, -0.25) is 14.6 Å². The van der Waals surface area contributed by atoms with Gasteiger partial charge in [0.1, 0.15) is 5.82 Å². The Morgan fingerprint density at radius 2 is 1.77 bits per heavy atom. The minimum absolute atomic E-state index is 0.0130. The molecule has 1 amide bonds. The molecule has 1 aromatic heterocycles. The zero-order valence-electron chi connectivity index (χ0n) is 16.2. The quantitative estimate of drug-likeness (QED) is 0.549. The fourth-order valence-electron chi connectivity index (χ4n) is 3.60. The van der Waals surface area contributed by atoms with Gasteiger partial charge in [0.15, 0.2) is 0 Å². The molecule has 1 saturated heterocycles. The first-order chi connectivity index (χ1) is 14.7. The average molecular weight is 446 g/mol. The van der Waals surface area contributed by atoms with Gasteiger partial charge in [-0.1, -0.05) is 12.1 Å². The van der Waals surface area contributed by atoms with E-state index >= 15 is 0 Å². The highest BCUT2D eigenvalue weighted by Gasteiger charge is 2.28. The Labute approximate surface area is 176 Å². The first-order valence-corrected chi connectivity index (χ1v) is 11.1. The van der Waals surface area contributed by atoms with Gasteiger partial charge in [0.05, 0.1) is 21.4 Å². The molecule has 1 fully saturated rings. The number of halogens is 1. The van der Waals surface area contributed by atoms with Crippen molar-refractivity contribution in [2.75, 3.05) is 13.1 Å². The molecular weight excluding hydrogens is 427 g/mol. The lowest BCUT2D eigenvalue weighted by Crippen LogP contribution is -2.46. The van der Waals surface area contributed by atoms with Gasteiger partial charge in [-0.25, -0.2) is 22.3 Å². The van der Waals surface area contributed by atoms with Crippen LogP contribution in [0.3, 0.4) is 0 Å². The molecule has 0 atom stereocenters. The normalized spacial score (nSPS) is 15.3. The summed E-state index contributed by atoms with van der Waals surface area (Å²) in [6.07, 6.45) is 0.724. The summed E-state index contributed by atoms with van der Waals surface area (Å²) in [5.41, 5.74) is -1.15. The molecule has 2 heterocycles. The smallest absolute Gasteiger partial charge is 0.326 e. The van der Waals surface area contributed by atoms with Crippen LogP contribution < -0.4 is 16.0 Å². The molecule has 0 aliphatic carbocycles. The molecule has 3 aromatic rings. The van der Waals surface area contributed by atoms with Crippen molar-refractivity contribution in [3.8, 4) is 0 Å². The molecule has 9 nitrogen and oxygen atoms in total. The van der Waals surface area contributed by atoms with Gasteiger partial charge < -0.3 is 9.88 Å². The molecule has 1 aliphatic heterocycles. The highest BCUT2D eigenvalue weighted by molar-refractivity contribution is 7.89. The fraction of sp³-hybridized carbons (Fsp3) is 0.250. The van der Waals surface area contributed by atoms with Gasteiger partial charge in [0, 0.05) is 19.1 Å². The molecule has 0 saturated carbocycles. The third-order valence-corrected chi connectivity index (χ3v) is 6.75. The maximum absolute atomic E-state index is 13.9. The number of H-pyrrole nitrogens is 2. The number of hydrogen-bond acceptors (Lipinski definition) is 5. The Morgan fingerprint density at radius 3 is 2.48 bits per heavy atom. The second-order valence-electron chi connectivity index (χ2n) is 7.28. The molecule has 0 spiro atoms. The van der Waals surface area contributed by atoms with E-state index < -0.39 is 39.0 Å². The first kappa shape index (κ1) is 20.9. The molecule has 4 rings (SSSR count). The van der Waals surface area contributed by atoms with E-state index in [4.69, 9.17) is 0 Å². The van der Waals surface area contributed by atoms with Crippen LogP contribution in [0.1, 0.15) is 23.2 Å². The zero-order chi connectivity index (χ0) is 22.2. The van der Waals surface area contributed by atoms with Crippen LogP contribution in [-0.2, 0) is 10.0 Å². The van der Waals surface area contributed by atoms with E-state index in [1.807, 2.05) is 0 Å². The number of nitrogens with one attached hydrogen (secondary N) is 3. The van der Waals surface area contributed by atoms with E-state index in [1.165, 1.54) is 41.3 Å². The number of aromatic amines is 2. The molecule has 162 valence electrons. The van der Waals surface area contributed by atoms with Crippen molar-refractivity contribution in [2.45, 2.75) is 23.8 Å². The zero-order valence-corrected chi connectivity index (χ0v) is 17.0. The standard InChI is InChI=1S/C20H19FN4O5S/c21-16-4-2-1-3-14(16)19(27)25-9-7-12(8-10-25)24-31(29,30)13-5-6-17-15(11-13)18(26)23-20(28)22-17/h1-6,11-12,24H,7-10H2,(H2,22,23,26,28). The van der Waals surface area contributed by atoms with Gasteiger partial charge in [-0.15, -0.1) is 0 Å². The van der Waals surface area contributed by atoms with Crippen molar-refractivity contribution < 1.29 is 17.6 Å². The van der Waals surface area contributed by atoms with Crippen LogP contribution in [0.2, 0.25) is 0 Å². The maximum atomic E-state index is 13.9. The van der Waals surface area contributed by atoms with Crippen molar-refractivity contribution in [1.29, 1.82) is 0 Å². The summed E-state index contributed by atoms with van der Waals surface area (Å²) in [6.45, 7) is 0.554. The number of hydrogen-bond donors (Lipinski definition) is 3. The number of carbonyl (C=O) groups is 1. The Kier molecular flexibility index (Phi) is 5.46. The van der Waals surface area contributed by atoms with Crippen LogP contribution in [0, 0.1) is 5.82 Å². The average Bonchev–Trinajstić information content (AvgIpc) is 2.73. The highest BCUT2D eigenvalue weighted by atomic mass is 32.2. The monoisotopic (exact) mass is 446 g/mol. The maximum Gasteiger partial charge on any atom is 0.326 e. The van der Waals surface area contributed by atoms with Gasteiger partial charge in [0.2, 0.25) is 10.0 Å². The third-order valence-electron chi connectivity index (χ3n) is 5.23. The van der Waals surface area contributed by atoms with Crippen molar-refractivity contribution >= 4 is 26.8 Å². The minimum atomic E-state index is -3.93. The molecule has 0 bridgehead atoms. The van der Waals surface area contributed by atoms with Crippen LogP contribution in [-0.4, -0.2) is 48.3 Å². The van der Waals surface area contributed by atoms with Gasteiger partial charge >= 0.3 is 5.69 Å². The molecular formula is C20H19FN4O5S. The molecule has 2 aromatic carbocycles. The molecule has 0 unspecified atom stereocenters. The lowest BCUT2D eigenvalue weighted by Gasteiger charge is -2.32. The van der Waals surface area contributed by atoms with Crippen LogP contribution in [0.5, 0.6) is 0 Å². The summed E-state index contributed by atoms with van der Waals surface area (Å²) in [4.78, 5) is 41.7. The first-order valence-electron chi connectivity index (χ1n) is 9.57. The van der Waals surface area contributed by atoms with Crippen LogP contribution >= 0.6 is 0 Å². The van der Waals surface area contributed by atoms with E-state index in [0.717, 1.165) is 0 Å². The second-order valence-corrected chi connectivity index (χ2v) is 9.00. The number of aromatic nitrogens is 2. The van der Waals surface area contributed by atoms with Crippen molar-refractivity contribution in [1.82, 2.24) is 19.6 Å². The number of fused-ring (bicyclic) bond motifs is 1. The molecule has 11 heteroatoms. The lowest BCUT2D eigenvalue weighted by atomic mass is 10.0. The fourth-order valence-corrected chi connectivity index (χ4v) is 4.94. The van der Waals surface area contributed by atoms with Crippen molar-refractivity contribution in [2.24, 2.45) is 0 Å².